The molecule has 5 heteroatoms. The van der Waals surface area contributed by atoms with Crippen molar-refractivity contribution in [2.45, 2.75) is 45.6 Å². The largest absolute Gasteiger partial charge is 0.319 e. The summed E-state index contributed by atoms with van der Waals surface area (Å²) >= 11 is 0. The van der Waals surface area contributed by atoms with Crippen molar-refractivity contribution < 1.29 is 0 Å². The lowest BCUT2D eigenvalue weighted by Gasteiger charge is -2.32. The number of nitrogens with one attached hydrogen (secondary N) is 1. The minimum atomic E-state index is 0. The smallest absolute Gasteiger partial charge is 0.0722 e. The molecule has 1 N–H and O–H groups in total. The summed E-state index contributed by atoms with van der Waals surface area (Å²) < 4.78 is 1.96. The minimum absolute atomic E-state index is 0. The number of hydrogen-bond donors (Lipinski definition) is 1. The maximum Gasteiger partial charge on any atom is 0.0722 e. The zero-order valence-electron chi connectivity index (χ0n) is 14.1. The van der Waals surface area contributed by atoms with Crippen LogP contribution in [-0.2, 0) is 19.0 Å². The summed E-state index contributed by atoms with van der Waals surface area (Å²) in [5.74, 6) is 0.854. The van der Waals surface area contributed by atoms with Crippen molar-refractivity contribution >= 4 is 12.4 Å². The van der Waals surface area contributed by atoms with E-state index >= 15 is 0 Å². The summed E-state index contributed by atoms with van der Waals surface area (Å²) in [6, 6.07) is 0. The van der Waals surface area contributed by atoms with E-state index in [9.17, 15) is 0 Å². The number of aryl methyl sites for hydroxylation is 1. The first-order valence-electron chi connectivity index (χ1n) is 7.80. The molecule has 1 aliphatic rings. The third kappa shape index (κ3) is 4.97. The van der Waals surface area contributed by atoms with Crippen molar-refractivity contribution in [3.63, 3.8) is 0 Å². The number of hydrogen-bond acceptors (Lipinski definition) is 3. The van der Waals surface area contributed by atoms with Crippen LogP contribution in [0.25, 0.3) is 0 Å². The average Bonchev–Trinajstić information content (AvgIpc) is 2.73. The van der Waals surface area contributed by atoms with Gasteiger partial charge >= 0.3 is 0 Å². The molecule has 1 aromatic heterocycles. The molecule has 0 amide bonds. The van der Waals surface area contributed by atoms with Gasteiger partial charge in [-0.1, -0.05) is 20.8 Å². The van der Waals surface area contributed by atoms with Crippen molar-refractivity contribution in [1.29, 1.82) is 0 Å². The molecule has 0 spiro atoms. The molecular formula is C16H31ClN4. The second-order valence-corrected chi connectivity index (χ2v) is 7.20. The molecule has 0 saturated carbocycles. The normalized spacial score (nSPS) is 17.8. The lowest BCUT2D eigenvalue weighted by Crippen LogP contribution is -2.36. The number of piperidine rings is 1. The lowest BCUT2D eigenvalue weighted by molar-refractivity contribution is 0.176. The Morgan fingerprint density at radius 2 is 1.90 bits per heavy atom. The Balaban J connectivity index is 0.00000220. The lowest BCUT2D eigenvalue weighted by atomic mass is 9.89. The van der Waals surface area contributed by atoms with Crippen molar-refractivity contribution in [2.75, 3.05) is 26.7 Å². The summed E-state index contributed by atoms with van der Waals surface area (Å²) in [6.07, 6.45) is 4.82. The maximum absolute atomic E-state index is 4.67. The molecule has 2 heterocycles. The number of rotatable bonds is 4. The average molecular weight is 315 g/mol. The van der Waals surface area contributed by atoms with E-state index in [4.69, 9.17) is 0 Å². The van der Waals surface area contributed by atoms with Gasteiger partial charge in [-0.05, 0) is 45.4 Å². The summed E-state index contributed by atoms with van der Waals surface area (Å²) in [5.41, 5.74) is 2.77. The van der Waals surface area contributed by atoms with E-state index in [0.29, 0.717) is 0 Å². The fraction of sp³-hybridized carbons (Fsp3) is 0.812. The fourth-order valence-electron chi connectivity index (χ4n) is 3.16. The molecular weight excluding hydrogens is 284 g/mol. The highest BCUT2D eigenvalue weighted by Gasteiger charge is 2.25. The maximum atomic E-state index is 4.67. The van der Waals surface area contributed by atoms with Crippen LogP contribution in [-0.4, -0.2) is 41.4 Å². The van der Waals surface area contributed by atoms with Crippen LogP contribution >= 0.6 is 12.4 Å². The Morgan fingerprint density at radius 3 is 2.43 bits per heavy atom. The molecule has 0 atom stereocenters. The monoisotopic (exact) mass is 314 g/mol. The van der Waals surface area contributed by atoms with Gasteiger partial charge in [0.1, 0.15) is 0 Å². The van der Waals surface area contributed by atoms with Gasteiger partial charge in [0.05, 0.1) is 5.69 Å². The molecule has 1 aliphatic heterocycles. The third-order valence-electron chi connectivity index (χ3n) is 4.21. The summed E-state index contributed by atoms with van der Waals surface area (Å²) in [5, 5.41) is 7.97. The zero-order chi connectivity index (χ0) is 14.8. The van der Waals surface area contributed by atoms with Gasteiger partial charge in [-0.2, -0.15) is 5.10 Å². The van der Waals surface area contributed by atoms with E-state index in [2.05, 4.69) is 49.3 Å². The SMILES string of the molecule is CNCC1CCN(Cc2cn(C)nc2C(C)(C)C)CC1.Cl. The van der Waals surface area contributed by atoms with E-state index in [1.54, 1.807) is 0 Å². The third-order valence-corrected chi connectivity index (χ3v) is 4.21. The standard InChI is InChI=1S/C16H30N4.ClH/c1-16(2,3)15-14(11-19(5)18-15)12-20-8-6-13(7-9-20)10-17-4;/h11,13,17H,6-10,12H2,1-5H3;1H. The number of nitrogens with zero attached hydrogens (tertiary/aromatic N) is 3. The molecule has 2 rings (SSSR count). The van der Waals surface area contributed by atoms with Crippen molar-refractivity contribution in [1.82, 2.24) is 20.0 Å². The summed E-state index contributed by atoms with van der Waals surface area (Å²) in [4.78, 5) is 2.58. The predicted molar refractivity (Wildman–Crippen MR) is 91.1 cm³/mol. The van der Waals surface area contributed by atoms with Gasteiger partial charge < -0.3 is 5.32 Å². The molecule has 0 unspecified atom stereocenters. The molecule has 0 aromatic carbocycles. The predicted octanol–water partition coefficient (Wildman–Crippen LogP) is 2.57. The molecule has 1 saturated heterocycles. The van der Waals surface area contributed by atoms with Crippen LogP contribution in [0.3, 0.4) is 0 Å². The molecule has 0 radical (unpaired) electrons. The fourth-order valence-corrected chi connectivity index (χ4v) is 3.16. The molecule has 21 heavy (non-hydrogen) atoms. The van der Waals surface area contributed by atoms with Crippen molar-refractivity contribution in [3.05, 3.63) is 17.5 Å². The van der Waals surface area contributed by atoms with E-state index in [0.717, 1.165) is 19.0 Å². The molecule has 4 nitrogen and oxygen atoms in total. The summed E-state index contributed by atoms with van der Waals surface area (Å²) in [6.45, 7) is 11.4. The van der Waals surface area contributed by atoms with Crippen LogP contribution < -0.4 is 5.32 Å². The van der Waals surface area contributed by atoms with Gasteiger partial charge in [0.25, 0.3) is 0 Å². The molecule has 1 fully saturated rings. The van der Waals surface area contributed by atoms with Crippen LogP contribution in [0.15, 0.2) is 6.20 Å². The van der Waals surface area contributed by atoms with Gasteiger partial charge in [0, 0.05) is 30.8 Å². The second-order valence-electron chi connectivity index (χ2n) is 7.20. The van der Waals surface area contributed by atoms with E-state index in [1.807, 2.05) is 11.7 Å². The second kappa shape index (κ2) is 7.61. The minimum Gasteiger partial charge on any atom is -0.319 e. The Labute approximate surface area is 135 Å². The first-order chi connectivity index (χ1) is 9.40. The first-order valence-corrected chi connectivity index (χ1v) is 7.80. The Morgan fingerprint density at radius 1 is 1.29 bits per heavy atom. The highest BCUT2D eigenvalue weighted by molar-refractivity contribution is 5.85. The zero-order valence-corrected chi connectivity index (χ0v) is 15.0. The quantitative estimate of drug-likeness (QED) is 0.927. The van der Waals surface area contributed by atoms with E-state index < -0.39 is 0 Å². The van der Waals surface area contributed by atoms with Gasteiger partial charge in [0.2, 0.25) is 0 Å². The van der Waals surface area contributed by atoms with Crippen LogP contribution in [0, 0.1) is 5.92 Å². The number of aromatic nitrogens is 2. The Kier molecular flexibility index (Phi) is 6.70. The molecule has 122 valence electrons. The first kappa shape index (κ1) is 18.5. The Hall–Kier alpha value is -0.580. The van der Waals surface area contributed by atoms with Crippen molar-refractivity contribution in [2.24, 2.45) is 13.0 Å². The van der Waals surface area contributed by atoms with Gasteiger partial charge in [-0.25, -0.2) is 0 Å². The highest BCUT2D eigenvalue weighted by atomic mass is 35.5. The Bertz CT molecular complexity index is 428. The van der Waals surface area contributed by atoms with Crippen LogP contribution in [0.4, 0.5) is 0 Å². The van der Waals surface area contributed by atoms with Gasteiger partial charge in [0.15, 0.2) is 0 Å². The van der Waals surface area contributed by atoms with E-state index in [-0.39, 0.29) is 17.8 Å². The summed E-state index contributed by atoms with van der Waals surface area (Å²) in [7, 11) is 4.08. The molecule has 0 bridgehead atoms. The van der Waals surface area contributed by atoms with Crippen LogP contribution in [0.5, 0.6) is 0 Å². The topological polar surface area (TPSA) is 33.1 Å². The number of likely N-dealkylation sites (tertiary alicyclic amines) is 1. The number of halogens is 1. The van der Waals surface area contributed by atoms with Crippen molar-refractivity contribution in [3.8, 4) is 0 Å². The van der Waals surface area contributed by atoms with Crippen LogP contribution in [0.1, 0.15) is 44.9 Å². The molecule has 0 aliphatic carbocycles. The van der Waals surface area contributed by atoms with Crippen LogP contribution in [0.2, 0.25) is 0 Å². The van der Waals surface area contributed by atoms with Gasteiger partial charge in [-0.15, -0.1) is 12.4 Å². The molecule has 1 aromatic rings. The highest BCUT2D eigenvalue weighted by Crippen LogP contribution is 2.26. The van der Waals surface area contributed by atoms with E-state index in [1.165, 1.54) is 37.2 Å². The van der Waals surface area contributed by atoms with Gasteiger partial charge in [-0.3, -0.25) is 9.58 Å².